The lowest BCUT2D eigenvalue weighted by molar-refractivity contribution is -0.119. The molecule has 0 amide bonds. The van der Waals surface area contributed by atoms with Gasteiger partial charge in [-0.1, -0.05) is 13.0 Å². The molecule has 0 bridgehead atoms. The fraction of sp³-hybridized carbons (Fsp3) is 0.625. The third kappa shape index (κ3) is 1.41. The topological polar surface area (TPSA) is 17.1 Å². The Morgan fingerprint density at radius 2 is 2.44 bits per heavy atom. The zero-order valence-electron chi connectivity index (χ0n) is 5.76. The van der Waals surface area contributed by atoms with Gasteiger partial charge in [0.2, 0.25) is 0 Å². The van der Waals surface area contributed by atoms with Crippen molar-refractivity contribution in [3.8, 4) is 0 Å². The summed E-state index contributed by atoms with van der Waals surface area (Å²) >= 11 is 0. The van der Waals surface area contributed by atoms with Gasteiger partial charge in [0.25, 0.3) is 0 Å². The molecule has 1 fully saturated rings. The van der Waals surface area contributed by atoms with E-state index < -0.39 is 0 Å². The van der Waals surface area contributed by atoms with E-state index in [1.807, 2.05) is 0 Å². The van der Waals surface area contributed by atoms with E-state index in [9.17, 15) is 4.79 Å². The normalized spacial score (nSPS) is 31.7. The van der Waals surface area contributed by atoms with E-state index >= 15 is 0 Å². The molecule has 0 aromatic carbocycles. The minimum absolute atomic E-state index is 0.373. The molecule has 1 rings (SSSR count). The van der Waals surface area contributed by atoms with Gasteiger partial charge in [-0.15, -0.1) is 6.58 Å². The van der Waals surface area contributed by atoms with E-state index in [2.05, 4.69) is 13.5 Å². The van der Waals surface area contributed by atoms with Gasteiger partial charge in [-0.05, 0) is 12.3 Å². The minimum Gasteiger partial charge on any atom is -0.299 e. The summed E-state index contributed by atoms with van der Waals surface area (Å²) in [6, 6.07) is 0. The van der Waals surface area contributed by atoms with Gasteiger partial charge in [0, 0.05) is 12.3 Å². The van der Waals surface area contributed by atoms with Crippen LogP contribution in [-0.2, 0) is 4.79 Å². The van der Waals surface area contributed by atoms with E-state index in [1.54, 1.807) is 6.08 Å². The number of Topliss-reactive ketones (excluding diaryl/α,β-unsaturated/α-hetero) is 1. The van der Waals surface area contributed by atoms with Crippen molar-refractivity contribution in [3.63, 3.8) is 0 Å². The first-order valence-electron chi connectivity index (χ1n) is 3.39. The molecule has 0 radical (unpaired) electrons. The predicted molar refractivity (Wildman–Crippen MR) is 37.1 cm³/mol. The number of hydrogen-bond donors (Lipinski definition) is 0. The lowest BCUT2D eigenvalue weighted by Gasteiger charge is -1.89. The van der Waals surface area contributed by atoms with Gasteiger partial charge in [-0.2, -0.15) is 0 Å². The van der Waals surface area contributed by atoms with Crippen LogP contribution in [0.4, 0.5) is 0 Å². The highest BCUT2D eigenvalue weighted by Gasteiger charge is 2.37. The molecule has 1 aliphatic carbocycles. The Bertz CT molecular complexity index is 138. The highest BCUT2D eigenvalue weighted by atomic mass is 16.1. The van der Waals surface area contributed by atoms with E-state index in [0.29, 0.717) is 24.0 Å². The molecule has 0 aromatic heterocycles. The Balaban J connectivity index is 2.27. The predicted octanol–water partition coefficient (Wildman–Crippen LogP) is 1.79. The van der Waals surface area contributed by atoms with Gasteiger partial charge in [-0.25, -0.2) is 0 Å². The van der Waals surface area contributed by atoms with Crippen LogP contribution in [0.15, 0.2) is 12.7 Å². The molecule has 2 atom stereocenters. The number of carbonyl (C=O) groups is 1. The molecule has 0 saturated heterocycles. The van der Waals surface area contributed by atoms with Crippen molar-refractivity contribution in [1.29, 1.82) is 0 Å². The SMILES string of the molecule is C=CCC(=O)C1CC1C. The Morgan fingerprint density at radius 1 is 1.89 bits per heavy atom. The molecule has 1 nitrogen and oxygen atoms in total. The smallest absolute Gasteiger partial charge is 0.139 e. The first-order chi connectivity index (χ1) is 4.25. The van der Waals surface area contributed by atoms with Gasteiger partial charge in [0.15, 0.2) is 0 Å². The van der Waals surface area contributed by atoms with Crippen molar-refractivity contribution in [2.45, 2.75) is 19.8 Å². The molecule has 0 heterocycles. The summed E-state index contributed by atoms with van der Waals surface area (Å²) in [7, 11) is 0. The Kier molecular flexibility index (Phi) is 1.70. The van der Waals surface area contributed by atoms with E-state index in [-0.39, 0.29) is 0 Å². The molecule has 0 spiro atoms. The quantitative estimate of drug-likeness (QED) is 0.524. The second-order valence-electron chi connectivity index (χ2n) is 2.78. The summed E-state index contributed by atoms with van der Waals surface area (Å²) in [6.07, 6.45) is 3.36. The van der Waals surface area contributed by atoms with E-state index in [1.165, 1.54) is 0 Å². The molecular weight excluding hydrogens is 112 g/mol. The fourth-order valence-electron chi connectivity index (χ4n) is 1.06. The third-order valence-corrected chi connectivity index (χ3v) is 1.87. The van der Waals surface area contributed by atoms with Gasteiger partial charge in [0.05, 0.1) is 0 Å². The maximum absolute atomic E-state index is 10.9. The van der Waals surface area contributed by atoms with Crippen molar-refractivity contribution in [2.75, 3.05) is 0 Å². The van der Waals surface area contributed by atoms with Crippen LogP contribution in [0, 0.1) is 11.8 Å². The van der Waals surface area contributed by atoms with Gasteiger partial charge in [-0.3, -0.25) is 4.79 Å². The van der Waals surface area contributed by atoms with Crippen LogP contribution in [0.5, 0.6) is 0 Å². The lowest BCUT2D eigenvalue weighted by Crippen LogP contribution is -1.98. The molecular formula is C8H12O. The first-order valence-corrected chi connectivity index (χ1v) is 3.39. The molecule has 1 heteroatoms. The number of rotatable bonds is 3. The lowest BCUT2D eigenvalue weighted by atomic mass is 10.2. The molecule has 0 aromatic rings. The number of allylic oxidation sites excluding steroid dienone is 1. The van der Waals surface area contributed by atoms with Crippen LogP contribution in [0.1, 0.15) is 19.8 Å². The average Bonchev–Trinajstić information content (AvgIpc) is 2.47. The van der Waals surface area contributed by atoms with E-state index in [4.69, 9.17) is 0 Å². The molecule has 50 valence electrons. The van der Waals surface area contributed by atoms with Crippen LogP contribution in [0.2, 0.25) is 0 Å². The molecule has 0 N–H and O–H groups in total. The van der Waals surface area contributed by atoms with Gasteiger partial charge >= 0.3 is 0 Å². The monoisotopic (exact) mass is 124 g/mol. The molecule has 1 aliphatic rings. The highest BCUT2D eigenvalue weighted by Crippen LogP contribution is 2.38. The third-order valence-electron chi connectivity index (χ3n) is 1.87. The minimum atomic E-state index is 0.373. The van der Waals surface area contributed by atoms with Gasteiger partial charge < -0.3 is 0 Å². The summed E-state index contributed by atoms with van der Waals surface area (Å²) in [5, 5.41) is 0. The second-order valence-corrected chi connectivity index (χ2v) is 2.78. The maximum Gasteiger partial charge on any atom is 0.139 e. The zero-order valence-corrected chi connectivity index (χ0v) is 5.76. The first kappa shape index (κ1) is 6.53. The van der Waals surface area contributed by atoms with Crippen molar-refractivity contribution < 1.29 is 4.79 Å². The largest absolute Gasteiger partial charge is 0.299 e. The van der Waals surface area contributed by atoms with Crippen molar-refractivity contribution >= 4 is 5.78 Å². The van der Waals surface area contributed by atoms with Gasteiger partial charge in [0.1, 0.15) is 5.78 Å². The number of hydrogen-bond acceptors (Lipinski definition) is 1. The highest BCUT2D eigenvalue weighted by molar-refractivity contribution is 5.84. The Hall–Kier alpha value is -0.590. The maximum atomic E-state index is 10.9. The van der Waals surface area contributed by atoms with E-state index in [0.717, 1.165) is 6.42 Å². The van der Waals surface area contributed by atoms with Crippen LogP contribution >= 0.6 is 0 Å². The number of ketones is 1. The molecule has 2 unspecified atom stereocenters. The molecule has 9 heavy (non-hydrogen) atoms. The van der Waals surface area contributed by atoms with Crippen molar-refractivity contribution in [3.05, 3.63) is 12.7 Å². The van der Waals surface area contributed by atoms with Crippen LogP contribution in [0.3, 0.4) is 0 Å². The Labute approximate surface area is 55.8 Å². The summed E-state index contributed by atoms with van der Waals surface area (Å²) in [4.78, 5) is 10.9. The summed E-state index contributed by atoms with van der Waals surface area (Å²) < 4.78 is 0. The molecule has 1 saturated carbocycles. The van der Waals surface area contributed by atoms with Crippen LogP contribution < -0.4 is 0 Å². The van der Waals surface area contributed by atoms with Crippen LogP contribution in [0.25, 0.3) is 0 Å². The average molecular weight is 124 g/mol. The van der Waals surface area contributed by atoms with Crippen molar-refractivity contribution in [1.82, 2.24) is 0 Å². The summed E-state index contributed by atoms with van der Waals surface area (Å²) in [5.41, 5.74) is 0. The Morgan fingerprint density at radius 3 is 2.78 bits per heavy atom. The molecule has 0 aliphatic heterocycles. The zero-order chi connectivity index (χ0) is 6.85. The van der Waals surface area contributed by atoms with Crippen LogP contribution in [-0.4, -0.2) is 5.78 Å². The fourth-order valence-corrected chi connectivity index (χ4v) is 1.06. The summed E-state index contributed by atoms with van der Waals surface area (Å²) in [5.74, 6) is 1.40. The summed E-state index contributed by atoms with van der Waals surface area (Å²) in [6.45, 7) is 5.63. The van der Waals surface area contributed by atoms with Crippen molar-refractivity contribution in [2.24, 2.45) is 11.8 Å². The standard InChI is InChI=1S/C8H12O/c1-3-4-8(9)7-5-6(7)2/h3,6-7H,1,4-5H2,2H3. The number of carbonyl (C=O) groups excluding carboxylic acids is 1. The second kappa shape index (κ2) is 2.34.